The molecule has 1 aromatic heterocycles. The van der Waals surface area contributed by atoms with Crippen LogP contribution in [0.5, 0.6) is 5.75 Å². The average Bonchev–Trinajstić information content (AvgIpc) is 2.59. The first kappa shape index (κ1) is 21.9. The number of alkyl halides is 3. The molecular weight excluding hydrogens is 404 g/mol. The zero-order chi connectivity index (χ0) is 21.1. The van der Waals surface area contributed by atoms with Crippen LogP contribution in [-0.2, 0) is 11.0 Å². The number of esters is 1. The molecule has 5 nitrogen and oxygen atoms in total. The number of nitrogens with zero attached hydrogens (tertiary/aromatic N) is 2. The van der Waals surface area contributed by atoms with Crippen LogP contribution >= 0.6 is 11.6 Å². The fraction of sp³-hybridized carbons (Fsp3) is 0.389. The number of unbranched alkanes of at least 4 members (excludes halogenated alkanes) is 2. The van der Waals surface area contributed by atoms with E-state index in [4.69, 9.17) is 16.3 Å². The van der Waals surface area contributed by atoms with Gasteiger partial charge in [0.1, 0.15) is 5.69 Å². The molecule has 0 radical (unpaired) electrons. The minimum Gasteiger partial charge on any atom is -0.425 e. The van der Waals surface area contributed by atoms with E-state index in [9.17, 15) is 27.2 Å². The highest BCUT2D eigenvalue weighted by atomic mass is 35.5. The lowest BCUT2D eigenvalue weighted by Crippen LogP contribution is -2.28. The summed E-state index contributed by atoms with van der Waals surface area (Å²) in [6.45, 7) is 2.93. The van der Waals surface area contributed by atoms with Crippen LogP contribution in [-0.4, -0.2) is 15.7 Å². The summed E-state index contributed by atoms with van der Waals surface area (Å²) in [7, 11) is 0. The number of carbonyl (C=O) groups excluding carboxylic acids is 1. The zero-order valence-corrected chi connectivity index (χ0v) is 15.8. The van der Waals surface area contributed by atoms with E-state index in [1.807, 2.05) is 6.92 Å². The standard InChI is InChI=1S/C18H17ClF4N2O3/c1-3-4-5-6-16(26)28-15-8-14(13(20)7-12(15)19)25-17(27)10(2)11(9-24-25)18(21,22)23/h7-9H,3-6H2,1-2H3. The van der Waals surface area contributed by atoms with Gasteiger partial charge in [0.05, 0.1) is 16.8 Å². The van der Waals surface area contributed by atoms with Crippen LogP contribution in [0.15, 0.2) is 23.1 Å². The van der Waals surface area contributed by atoms with Crippen LogP contribution in [0, 0.1) is 12.7 Å². The van der Waals surface area contributed by atoms with Gasteiger partial charge in [0.15, 0.2) is 11.6 Å². The van der Waals surface area contributed by atoms with Gasteiger partial charge in [-0.05, 0) is 19.4 Å². The summed E-state index contributed by atoms with van der Waals surface area (Å²) >= 11 is 5.88. The predicted molar refractivity (Wildman–Crippen MR) is 94.3 cm³/mol. The molecule has 0 unspecified atom stereocenters. The predicted octanol–water partition coefficient (Wildman–Crippen LogP) is 4.84. The fourth-order valence-corrected chi connectivity index (χ4v) is 2.64. The van der Waals surface area contributed by atoms with E-state index in [1.54, 1.807) is 0 Å². The Labute approximate surface area is 162 Å². The fourth-order valence-electron chi connectivity index (χ4n) is 2.45. The van der Waals surface area contributed by atoms with Crippen molar-refractivity contribution in [2.45, 2.75) is 45.7 Å². The summed E-state index contributed by atoms with van der Waals surface area (Å²) in [5.41, 5.74) is -3.50. The van der Waals surface area contributed by atoms with E-state index in [1.165, 1.54) is 0 Å². The Bertz CT molecular complexity index is 942. The lowest BCUT2D eigenvalue weighted by Gasteiger charge is -2.13. The first-order chi connectivity index (χ1) is 13.1. The molecule has 28 heavy (non-hydrogen) atoms. The number of rotatable bonds is 6. The molecule has 10 heteroatoms. The van der Waals surface area contributed by atoms with E-state index in [0.717, 1.165) is 31.9 Å². The van der Waals surface area contributed by atoms with Crippen molar-refractivity contribution in [1.29, 1.82) is 0 Å². The Balaban J connectivity index is 2.43. The molecule has 0 saturated heterocycles. The zero-order valence-electron chi connectivity index (χ0n) is 15.1. The number of aromatic nitrogens is 2. The second-order valence-electron chi connectivity index (χ2n) is 6.06. The Hall–Kier alpha value is -2.42. The Kier molecular flexibility index (Phi) is 6.82. The van der Waals surface area contributed by atoms with Gasteiger partial charge in [-0.3, -0.25) is 9.59 Å². The topological polar surface area (TPSA) is 61.2 Å². The summed E-state index contributed by atoms with van der Waals surface area (Å²) < 4.78 is 58.5. The Morgan fingerprint density at radius 2 is 1.96 bits per heavy atom. The number of carbonyl (C=O) groups is 1. The number of hydrogen-bond donors (Lipinski definition) is 0. The lowest BCUT2D eigenvalue weighted by atomic mass is 10.2. The molecule has 0 N–H and O–H groups in total. The van der Waals surface area contributed by atoms with Crippen LogP contribution in [0.4, 0.5) is 17.6 Å². The van der Waals surface area contributed by atoms with Gasteiger partial charge < -0.3 is 4.74 Å². The molecule has 152 valence electrons. The highest BCUT2D eigenvalue weighted by Gasteiger charge is 2.34. The third kappa shape index (κ3) is 4.89. The van der Waals surface area contributed by atoms with Crippen LogP contribution in [0.25, 0.3) is 5.69 Å². The van der Waals surface area contributed by atoms with Gasteiger partial charge >= 0.3 is 12.1 Å². The Morgan fingerprint density at radius 3 is 2.57 bits per heavy atom. The molecule has 0 atom stereocenters. The van der Waals surface area contributed by atoms with Gasteiger partial charge in [-0.2, -0.15) is 23.0 Å². The molecule has 0 amide bonds. The molecule has 0 aliphatic rings. The summed E-state index contributed by atoms with van der Waals surface area (Å²) in [5.74, 6) is -1.83. The molecule has 0 aliphatic heterocycles. The second kappa shape index (κ2) is 8.72. The third-order valence-electron chi connectivity index (χ3n) is 3.96. The highest BCUT2D eigenvalue weighted by molar-refractivity contribution is 6.32. The molecule has 0 aliphatic carbocycles. The number of benzene rings is 1. The number of ether oxygens (including phenoxy) is 1. The van der Waals surface area contributed by atoms with Gasteiger partial charge in [-0.25, -0.2) is 4.39 Å². The number of hydrogen-bond acceptors (Lipinski definition) is 4. The molecule has 2 aromatic rings. The maximum atomic E-state index is 14.3. The van der Waals surface area contributed by atoms with Gasteiger partial charge in [0.25, 0.3) is 5.56 Å². The van der Waals surface area contributed by atoms with Crippen molar-refractivity contribution < 1.29 is 27.1 Å². The minimum atomic E-state index is -4.77. The minimum absolute atomic E-state index is 0.120. The lowest BCUT2D eigenvalue weighted by molar-refractivity contribution is -0.138. The van der Waals surface area contributed by atoms with Crippen molar-refractivity contribution in [3.05, 3.63) is 50.7 Å². The van der Waals surface area contributed by atoms with E-state index in [-0.39, 0.29) is 17.2 Å². The van der Waals surface area contributed by atoms with Crippen molar-refractivity contribution in [3.63, 3.8) is 0 Å². The third-order valence-corrected chi connectivity index (χ3v) is 4.26. The largest absolute Gasteiger partial charge is 0.425 e. The summed E-state index contributed by atoms with van der Waals surface area (Å²) in [6.07, 6.45) is -1.90. The van der Waals surface area contributed by atoms with Crippen molar-refractivity contribution in [3.8, 4) is 11.4 Å². The van der Waals surface area contributed by atoms with Crippen LogP contribution in [0.3, 0.4) is 0 Å². The maximum Gasteiger partial charge on any atom is 0.418 e. The smallest absolute Gasteiger partial charge is 0.418 e. The Morgan fingerprint density at radius 1 is 1.29 bits per heavy atom. The first-order valence-corrected chi connectivity index (χ1v) is 8.80. The van der Waals surface area contributed by atoms with E-state index in [0.29, 0.717) is 17.3 Å². The van der Waals surface area contributed by atoms with Crippen LogP contribution < -0.4 is 10.3 Å². The maximum absolute atomic E-state index is 14.3. The van der Waals surface area contributed by atoms with Gasteiger partial charge in [0.2, 0.25) is 0 Å². The summed E-state index contributed by atoms with van der Waals surface area (Å²) in [5, 5.41) is 3.19. The van der Waals surface area contributed by atoms with Gasteiger partial charge in [-0.15, -0.1) is 0 Å². The highest BCUT2D eigenvalue weighted by Crippen LogP contribution is 2.32. The van der Waals surface area contributed by atoms with E-state index >= 15 is 0 Å². The quantitative estimate of drug-likeness (QED) is 0.290. The normalized spacial score (nSPS) is 11.5. The van der Waals surface area contributed by atoms with Crippen molar-refractivity contribution >= 4 is 17.6 Å². The van der Waals surface area contributed by atoms with Gasteiger partial charge in [0, 0.05) is 18.1 Å². The van der Waals surface area contributed by atoms with Crippen molar-refractivity contribution in [2.24, 2.45) is 0 Å². The molecule has 0 fully saturated rings. The van der Waals surface area contributed by atoms with Crippen molar-refractivity contribution in [2.75, 3.05) is 0 Å². The molecule has 1 heterocycles. The van der Waals surface area contributed by atoms with Crippen LogP contribution in [0.1, 0.15) is 43.7 Å². The second-order valence-corrected chi connectivity index (χ2v) is 6.47. The van der Waals surface area contributed by atoms with E-state index < -0.39 is 40.3 Å². The molecular formula is C18H17ClF4N2O3. The number of halogens is 5. The van der Waals surface area contributed by atoms with E-state index in [2.05, 4.69) is 5.10 Å². The molecule has 0 saturated carbocycles. The van der Waals surface area contributed by atoms with Crippen molar-refractivity contribution in [1.82, 2.24) is 9.78 Å². The summed E-state index contributed by atoms with van der Waals surface area (Å²) in [4.78, 5) is 24.1. The molecule has 0 bridgehead atoms. The molecule has 2 rings (SSSR count). The average molecular weight is 421 g/mol. The van der Waals surface area contributed by atoms with Crippen LogP contribution in [0.2, 0.25) is 5.02 Å². The molecule has 0 spiro atoms. The van der Waals surface area contributed by atoms with Gasteiger partial charge in [-0.1, -0.05) is 31.4 Å². The first-order valence-electron chi connectivity index (χ1n) is 8.42. The SMILES string of the molecule is CCCCCC(=O)Oc1cc(-n2ncc(C(F)(F)F)c(C)c2=O)c(F)cc1Cl. The summed E-state index contributed by atoms with van der Waals surface area (Å²) in [6, 6.07) is 1.75. The monoisotopic (exact) mass is 420 g/mol. The molecule has 1 aromatic carbocycles.